The second kappa shape index (κ2) is 27.3. The summed E-state index contributed by atoms with van der Waals surface area (Å²) in [4.78, 5) is 18.6. The van der Waals surface area contributed by atoms with Gasteiger partial charge >= 0.3 is 0 Å². The third kappa shape index (κ3) is 12.7. The van der Waals surface area contributed by atoms with Crippen molar-refractivity contribution >= 4 is 125 Å². The number of nitrogens with zero attached hydrogens (tertiary/aromatic N) is 7. The van der Waals surface area contributed by atoms with E-state index in [4.69, 9.17) is 4.98 Å². The van der Waals surface area contributed by atoms with Crippen LogP contribution in [0, 0.1) is 0 Å². The number of nitrogens with one attached hydrogen (secondary N) is 1. The Balaban J connectivity index is 0.721. The van der Waals surface area contributed by atoms with Crippen molar-refractivity contribution < 1.29 is 0 Å². The zero-order chi connectivity index (χ0) is 63.5. The summed E-state index contributed by atoms with van der Waals surface area (Å²) in [6.45, 7) is 0. The summed E-state index contributed by atoms with van der Waals surface area (Å²) in [5.74, 6) is 0. The van der Waals surface area contributed by atoms with Gasteiger partial charge in [0.05, 0.1) is 11.2 Å². The van der Waals surface area contributed by atoms with E-state index in [0.29, 0.717) is 0 Å². The van der Waals surface area contributed by atoms with E-state index in [1.165, 1.54) is 0 Å². The molecule has 0 atom stereocenters. The van der Waals surface area contributed by atoms with Gasteiger partial charge in [-0.15, -0.1) is 0 Å². The van der Waals surface area contributed by atoms with Crippen LogP contribution in [-0.4, -0.2) is 4.98 Å². The van der Waals surface area contributed by atoms with Gasteiger partial charge in [-0.05, 0) is 255 Å². The van der Waals surface area contributed by atoms with Crippen molar-refractivity contribution in [3.8, 4) is 0 Å². The van der Waals surface area contributed by atoms with Crippen LogP contribution < -0.4 is 34.7 Å². The molecule has 0 bridgehead atoms. The molecule has 0 unspecified atom stereocenters. The first-order chi connectivity index (χ1) is 47.1. The van der Waals surface area contributed by atoms with Crippen molar-refractivity contribution in [2.75, 3.05) is 34.7 Å². The minimum atomic E-state index is 0.951. The van der Waals surface area contributed by atoms with Crippen LogP contribution in [-0.2, 0) is 0 Å². The van der Waals surface area contributed by atoms with Crippen LogP contribution in [0.25, 0.3) is 10.9 Å². The summed E-state index contributed by atoms with van der Waals surface area (Å²) in [5, 5.41) is 4.62. The molecular weight excluding hydrogens is 1160 g/mol. The molecule has 0 saturated carbocycles. The quantitative estimate of drug-likeness (QED) is 0.0810. The molecule has 0 saturated heterocycles. The summed E-state index contributed by atoms with van der Waals surface area (Å²) in [7, 11) is 0. The van der Waals surface area contributed by atoms with Gasteiger partial charge < -0.3 is 34.7 Å². The zero-order valence-corrected chi connectivity index (χ0v) is 52.2. The molecule has 0 amide bonds. The smallest absolute Gasteiger partial charge is 0.0723 e. The predicted octanol–water partition coefficient (Wildman–Crippen LogP) is 24.8. The molecule has 8 heteroatoms. The van der Waals surface area contributed by atoms with Crippen LogP contribution in [0.15, 0.2) is 394 Å². The lowest BCUT2D eigenvalue weighted by atomic mass is 10.1. The molecule has 15 aromatic rings. The Morgan fingerprint density at radius 3 is 0.674 bits per heavy atom. The van der Waals surface area contributed by atoms with Gasteiger partial charge in [-0.3, -0.25) is 4.98 Å². The molecule has 14 aromatic carbocycles. The van der Waals surface area contributed by atoms with Gasteiger partial charge in [0.2, 0.25) is 0 Å². The average molecular weight is 1220 g/mol. The Morgan fingerprint density at radius 2 is 0.389 bits per heavy atom. The first-order valence-electron chi connectivity index (χ1n) is 32.0. The fourth-order valence-electron chi connectivity index (χ4n) is 12.5. The Bertz CT molecular complexity index is 4910. The molecule has 0 aliphatic rings. The highest BCUT2D eigenvalue weighted by Crippen LogP contribution is 2.46. The van der Waals surface area contributed by atoms with Crippen molar-refractivity contribution in [3.05, 3.63) is 394 Å². The molecule has 0 radical (unpaired) electrons. The molecule has 8 nitrogen and oxygen atoms in total. The van der Waals surface area contributed by atoms with Crippen LogP contribution in [0.5, 0.6) is 0 Å². The second-order valence-electron chi connectivity index (χ2n) is 23.0. The number of fused-ring (bicyclic) bond motifs is 1. The SMILES string of the molecule is c1ccc(Nc2ccc(N(c3ccccc3)c3ccc(N(c4ccccc4)c4ccc(N(c5ccccc5)c5ccc(N(c6ccccc6)c6ccc(N(c7ccccc7)c7ccc(N(c8ccccc8)c8cccc9ncccc89)cc7)cc6)cc5)cc4)cc3)cc2)cc1. The Kier molecular flexibility index (Phi) is 16.8. The topological polar surface area (TPSA) is 44.4 Å². The molecule has 454 valence electrons. The lowest BCUT2D eigenvalue weighted by Crippen LogP contribution is -2.14. The maximum atomic E-state index is 4.70. The molecular formula is C87H66N8. The van der Waals surface area contributed by atoms with Crippen LogP contribution in [0.3, 0.4) is 0 Å². The molecule has 1 N–H and O–H groups in total. The van der Waals surface area contributed by atoms with Crippen molar-refractivity contribution in [2.24, 2.45) is 0 Å². The lowest BCUT2D eigenvalue weighted by molar-refractivity contribution is 1.24. The van der Waals surface area contributed by atoms with Crippen LogP contribution >= 0.6 is 0 Å². The Hall–Kier alpha value is -12.9. The predicted molar refractivity (Wildman–Crippen MR) is 400 cm³/mol. The van der Waals surface area contributed by atoms with Crippen molar-refractivity contribution in [1.29, 1.82) is 0 Å². The van der Waals surface area contributed by atoms with Crippen molar-refractivity contribution in [3.63, 3.8) is 0 Å². The number of rotatable bonds is 20. The van der Waals surface area contributed by atoms with Gasteiger partial charge in [-0.2, -0.15) is 0 Å². The van der Waals surface area contributed by atoms with Gasteiger partial charge in [-0.1, -0.05) is 133 Å². The number of anilines is 20. The van der Waals surface area contributed by atoms with E-state index in [-0.39, 0.29) is 0 Å². The standard InChI is InChI=1S/C87H66N8/c1-8-24-66(25-9-1)89-67-41-43-74(44-42-67)90(68-26-10-2-11-27-68)75-45-47-76(48-46-75)91(69-28-12-3-13-29-69)77-49-51-78(52-50-77)92(70-30-14-4-15-31-70)79-53-55-80(56-54-79)93(71-32-16-5-17-33-71)81-57-59-82(60-58-81)94(72-34-18-6-19-35-72)83-61-63-84(64-62-83)95(73-36-20-7-21-37-73)87-40-22-39-86-85(87)38-23-65-88-86/h1-65,89H. The maximum absolute atomic E-state index is 4.70. The summed E-state index contributed by atoms with van der Waals surface area (Å²) in [5.41, 5.74) is 21.9. The van der Waals surface area contributed by atoms with Crippen LogP contribution in [0.2, 0.25) is 0 Å². The number of hydrogen-bond donors (Lipinski definition) is 1. The van der Waals surface area contributed by atoms with Crippen molar-refractivity contribution in [1.82, 2.24) is 4.98 Å². The number of para-hydroxylation sites is 7. The first kappa shape index (κ1) is 58.5. The summed E-state index contributed by atoms with van der Waals surface area (Å²) < 4.78 is 0. The number of aromatic nitrogens is 1. The zero-order valence-electron chi connectivity index (χ0n) is 52.2. The minimum absolute atomic E-state index is 0.951. The van der Waals surface area contributed by atoms with Gasteiger partial charge in [0.25, 0.3) is 0 Å². The average Bonchev–Trinajstić information content (AvgIpc) is 0.976. The molecule has 0 spiro atoms. The third-order valence-corrected chi connectivity index (χ3v) is 17.0. The summed E-state index contributed by atoms with van der Waals surface area (Å²) >= 11 is 0. The summed E-state index contributed by atoms with van der Waals surface area (Å²) in [6, 6.07) is 137. The molecule has 0 aliphatic carbocycles. The molecule has 0 aliphatic heterocycles. The monoisotopic (exact) mass is 1220 g/mol. The highest BCUT2D eigenvalue weighted by molar-refractivity contribution is 5.97. The Labute approximate surface area is 555 Å². The maximum Gasteiger partial charge on any atom is 0.0723 e. The fraction of sp³-hybridized carbons (Fsp3) is 0. The highest BCUT2D eigenvalue weighted by Gasteiger charge is 2.22. The summed E-state index contributed by atoms with van der Waals surface area (Å²) in [6.07, 6.45) is 1.85. The molecule has 15 rings (SSSR count). The van der Waals surface area contributed by atoms with Crippen molar-refractivity contribution in [2.45, 2.75) is 0 Å². The lowest BCUT2D eigenvalue weighted by Gasteiger charge is -2.30. The van der Waals surface area contributed by atoms with E-state index in [9.17, 15) is 0 Å². The molecule has 1 heterocycles. The van der Waals surface area contributed by atoms with E-state index < -0.39 is 0 Å². The van der Waals surface area contributed by atoms with E-state index in [1.807, 2.05) is 30.5 Å². The number of pyridine rings is 1. The van der Waals surface area contributed by atoms with Gasteiger partial charge in [0, 0.05) is 120 Å². The largest absolute Gasteiger partial charge is 0.356 e. The van der Waals surface area contributed by atoms with E-state index in [2.05, 4.69) is 399 Å². The highest BCUT2D eigenvalue weighted by atomic mass is 15.2. The number of hydrogen-bond acceptors (Lipinski definition) is 8. The third-order valence-electron chi connectivity index (χ3n) is 17.0. The number of benzene rings is 14. The van der Waals surface area contributed by atoms with Crippen LogP contribution in [0.1, 0.15) is 0 Å². The van der Waals surface area contributed by atoms with E-state index in [0.717, 1.165) is 125 Å². The second-order valence-corrected chi connectivity index (χ2v) is 23.0. The normalized spacial score (nSPS) is 10.9. The molecule has 1 aromatic heterocycles. The molecule has 0 fully saturated rings. The first-order valence-corrected chi connectivity index (χ1v) is 32.0. The Morgan fingerprint density at radius 1 is 0.168 bits per heavy atom. The van der Waals surface area contributed by atoms with E-state index >= 15 is 0 Å². The van der Waals surface area contributed by atoms with Gasteiger partial charge in [-0.25, -0.2) is 0 Å². The molecule has 95 heavy (non-hydrogen) atoms. The fourth-order valence-corrected chi connectivity index (χ4v) is 12.5. The van der Waals surface area contributed by atoms with Gasteiger partial charge in [0.15, 0.2) is 0 Å². The van der Waals surface area contributed by atoms with Crippen LogP contribution in [0.4, 0.5) is 114 Å². The van der Waals surface area contributed by atoms with E-state index in [1.54, 1.807) is 0 Å². The minimum Gasteiger partial charge on any atom is -0.356 e. The van der Waals surface area contributed by atoms with Gasteiger partial charge in [0.1, 0.15) is 0 Å².